The molecule has 0 bridgehead atoms. The largest absolute Gasteiger partial charge is 0.394 e. The van der Waals surface area contributed by atoms with Gasteiger partial charge in [-0.15, -0.1) is 0 Å². The smallest absolute Gasteiger partial charge is 0.226 e. The van der Waals surface area contributed by atoms with E-state index in [1.165, 1.54) is 0 Å². The summed E-state index contributed by atoms with van der Waals surface area (Å²) in [6.45, 7) is 3.46. The van der Waals surface area contributed by atoms with Crippen LogP contribution in [-0.4, -0.2) is 55.3 Å². The number of hydrogen-bond donors (Lipinski definition) is 2. The lowest BCUT2D eigenvalue weighted by molar-refractivity contribution is -0.199. The van der Waals surface area contributed by atoms with Crippen LogP contribution in [0.5, 0.6) is 0 Å². The Labute approximate surface area is 136 Å². The summed E-state index contributed by atoms with van der Waals surface area (Å²) in [5.74, 6) is -0.566. The van der Waals surface area contributed by atoms with Gasteiger partial charge in [-0.2, -0.15) is 9.97 Å². The number of anilines is 1. The molecule has 3 N–H and O–H groups in total. The van der Waals surface area contributed by atoms with Crippen molar-refractivity contribution in [2.24, 2.45) is 0 Å². The molecule has 0 saturated carbocycles. The van der Waals surface area contributed by atoms with Gasteiger partial charge in [0.2, 0.25) is 5.28 Å². The number of halogens is 1. The highest BCUT2D eigenvalue weighted by Gasteiger charge is 2.55. The summed E-state index contributed by atoms with van der Waals surface area (Å²) in [6, 6.07) is 0. The van der Waals surface area contributed by atoms with Gasteiger partial charge in [-0.3, -0.25) is 4.57 Å². The number of rotatable bonds is 2. The molecular weight excluding hydrogens is 326 g/mol. The number of nitrogen functional groups attached to an aromatic ring is 1. The number of aliphatic hydroxyl groups is 1. The average molecular weight is 342 g/mol. The van der Waals surface area contributed by atoms with E-state index in [0.29, 0.717) is 11.2 Å². The third-order valence-electron chi connectivity index (χ3n) is 4.00. The number of nitrogens with zero attached hydrogens (tertiary/aromatic N) is 4. The van der Waals surface area contributed by atoms with Crippen LogP contribution in [0.25, 0.3) is 11.2 Å². The van der Waals surface area contributed by atoms with Gasteiger partial charge in [0.15, 0.2) is 23.5 Å². The van der Waals surface area contributed by atoms with Crippen molar-refractivity contribution in [3.8, 4) is 0 Å². The lowest BCUT2D eigenvalue weighted by Gasteiger charge is -2.24. The van der Waals surface area contributed by atoms with Gasteiger partial charge in [0.05, 0.1) is 12.9 Å². The van der Waals surface area contributed by atoms with Crippen LogP contribution in [0.15, 0.2) is 6.33 Å². The molecule has 2 fully saturated rings. The molecular formula is C13H16ClN5O4. The molecule has 0 radical (unpaired) electrons. The molecule has 4 atom stereocenters. The molecule has 0 spiro atoms. The van der Waals surface area contributed by atoms with E-state index >= 15 is 0 Å². The molecule has 124 valence electrons. The van der Waals surface area contributed by atoms with E-state index in [2.05, 4.69) is 15.0 Å². The Morgan fingerprint density at radius 1 is 1.35 bits per heavy atom. The zero-order valence-electron chi connectivity index (χ0n) is 12.5. The second-order valence-electron chi connectivity index (χ2n) is 6.01. The number of nitrogens with two attached hydrogens (primary N) is 1. The van der Waals surface area contributed by atoms with Gasteiger partial charge >= 0.3 is 0 Å². The van der Waals surface area contributed by atoms with E-state index in [9.17, 15) is 5.11 Å². The highest BCUT2D eigenvalue weighted by atomic mass is 35.5. The van der Waals surface area contributed by atoms with Crippen molar-refractivity contribution >= 4 is 28.6 Å². The molecule has 0 aliphatic carbocycles. The maximum atomic E-state index is 9.55. The van der Waals surface area contributed by atoms with Crippen molar-refractivity contribution in [3.05, 3.63) is 11.6 Å². The minimum absolute atomic E-state index is 0.0222. The first-order chi connectivity index (χ1) is 10.9. The number of ether oxygens (including phenoxy) is 3. The predicted molar refractivity (Wildman–Crippen MR) is 79.6 cm³/mol. The first-order valence-corrected chi connectivity index (χ1v) is 7.55. The summed E-state index contributed by atoms with van der Waals surface area (Å²) in [6.07, 6.45) is -0.308. The fourth-order valence-corrected chi connectivity index (χ4v) is 3.30. The molecule has 2 aromatic heterocycles. The standard InChI is InChI=1S/C13H16ClN5O4/c1-13(2)22-7-5(3-20)21-11(8(7)23-13)19-4-16-6-9(15)17-12(14)18-10(6)19/h4-5,7-8,11,20H,3H2,1-2H3,(H2,15,17,18)/t5?,7-,8-,11?/m1/s1. The Hall–Kier alpha value is -1.52. The highest BCUT2D eigenvalue weighted by Crippen LogP contribution is 2.43. The molecule has 2 aromatic rings. The van der Waals surface area contributed by atoms with Gasteiger partial charge in [0.25, 0.3) is 0 Å². The predicted octanol–water partition coefficient (Wildman–Crippen LogP) is 0.472. The molecule has 2 saturated heterocycles. The lowest BCUT2D eigenvalue weighted by Crippen LogP contribution is -2.31. The van der Waals surface area contributed by atoms with Gasteiger partial charge in [0.1, 0.15) is 23.8 Å². The number of aliphatic hydroxyl groups excluding tert-OH is 1. The van der Waals surface area contributed by atoms with Gasteiger partial charge < -0.3 is 25.1 Å². The maximum absolute atomic E-state index is 9.55. The molecule has 9 nitrogen and oxygen atoms in total. The van der Waals surface area contributed by atoms with E-state index in [-0.39, 0.29) is 23.8 Å². The molecule has 2 aliphatic heterocycles. The highest BCUT2D eigenvalue weighted by molar-refractivity contribution is 6.28. The normalized spacial score (nSPS) is 32.5. The zero-order chi connectivity index (χ0) is 16.4. The molecule has 2 aliphatic rings. The first-order valence-electron chi connectivity index (χ1n) is 7.17. The molecule has 2 unspecified atom stereocenters. The fourth-order valence-electron chi connectivity index (χ4n) is 3.13. The molecule has 4 heterocycles. The minimum atomic E-state index is -0.757. The average Bonchev–Trinajstić information content (AvgIpc) is 3.09. The van der Waals surface area contributed by atoms with E-state index in [0.717, 1.165) is 0 Å². The van der Waals surface area contributed by atoms with Crippen LogP contribution in [0.4, 0.5) is 5.82 Å². The fraction of sp³-hybridized carbons (Fsp3) is 0.615. The lowest BCUT2D eigenvalue weighted by atomic mass is 10.1. The van der Waals surface area contributed by atoms with Crippen molar-refractivity contribution in [2.45, 2.75) is 44.2 Å². The quantitative estimate of drug-likeness (QED) is 0.757. The van der Waals surface area contributed by atoms with Crippen LogP contribution in [0, 0.1) is 0 Å². The monoisotopic (exact) mass is 341 g/mol. The Balaban J connectivity index is 1.79. The Kier molecular flexibility index (Phi) is 3.26. The topological polar surface area (TPSA) is 118 Å². The van der Waals surface area contributed by atoms with Crippen molar-refractivity contribution in [1.29, 1.82) is 0 Å². The minimum Gasteiger partial charge on any atom is -0.394 e. The van der Waals surface area contributed by atoms with Crippen LogP contribution in [0.2, 0.25) is 5.28 Å². The van der Waals surface area contributed by atoms with Crippen LogP contribution >= 0.6 is 11.6 Å². The van der Waals surface area contributed by atoms with Crippen molar-refractivity contribution in [2.75, 3.05) is 12.3 Å². The number of aromatic nitrogens is 4. The van der Waals surface area contributed by atoms with Crippen LogP contribution in [-0.2, 0) is 14.2 Å². The summed E-state index contributed by atoms with van der Waals surface area (Å²) in [5, 5.41) is 9.57. The number of hydrogen-bond acceptors (Lipinski definition) is 8. The van der Waals surface area contributed by atoms with Crippen LogP contribution < -0.4 is 5.73 Å². The van der Waals surface area contributed by atoms with Crippen molar-refractivity contribution in [3.63, 3.8) is 0 Å². The van der Waals surface area contributed by atoms with E-state index < -0.39 is 24.2 Å². The molecule has 23 heavy (non-hydrogen) atoms. The SMILES string of the molecule is CC1(C)O[C@@H]2C(CO)OC(n3cnc4c(N)nc(Cl)nc43)[C@@H]2O1. The first kappa shape index (κ1) is 15.0. The second-order valence-corrected chi connectivity index (χ2v) is 6.35. The van der Waals surface area contributed by atoms with Crippen LogP contribution in [0.3, 0.4) is 0 Å². The van der Waals surface area contributed by atoms with Gasteiger partial charge in [-0.05, 0) is 25.4 Å². The van der Waals surface area contributed by atoms with Crippen molar-refractivity contribution < 1.29 is 19.3 Å². The number of fused-ring (bicyclic) bond motifs is 2. The van der Waals surface area contributed by atoms with Gasteiger partial charge in [-0.1, -0.05) is 0 Å². The molecule has 4 rings (SSSR count). The summed E-state index contributed by atoms with van der Waals surface area (Å²) >= 11 is 5.89. The van der Waals surface area contributed by atoms with Crippen molar-refractivity contribution in [1.82, 2.24) is 19.5 Å². The Morgan fingerprint density at radius 2 is 2.09 bits per heavy atom. The van der Waals surface area contributed by atoms with Gasteiger partial charge in [-0.25, -0.2) is 4.98 Å². The Morgan fingerprint density at radius 3 is 2.83 bits per heavy atom. The van der Waals surface area contributed by atoms with E-state index in [1.54, 1.807) is 10.9 Å². The molecule has 10 heteroatoms. The third kappa shape index (κ3) is 2.27. The van der Waals surface area contributed by atoms with Gasteiger partial charge in [0, 0.05) is 0 Å². The van der Waals surface area contributed by atoms with E-state index in [1.807, 2.05) is 13.8 Å². The second kappa shape index (κ2) is 4.99. The summed E-state index contributed by atoms with van der Waals surface area (Å²) in [5.41, 5.74) is 6.70. The Bertz CT molecular complexity index is 766. The molecule has 0 amide bonds. The van der Waals surface area contributed by atoms with E-state index in [4.69, 9.17) is 31.5 Å². The summed E-state index contributed by atoms with van der Waals surface area (Å²) < 4.78 is 19.3. The molecule has 0 aromatic carbocycles. The number of imidazole rings is 1. The summed E-state index contributed by atoms with van der Waals surface area (Å²) in [4.78, 5) is 12.3. The third-order valence-corrected chi connectivity index (χ3v) is 4.17. The zero-order valence-corrected chi connectivity index (χ0v) is 13.3. The van der Waals surface area contributed by atoms with Crippen LogP contribution in [0.1, 0.15) is 20.1 Å². The maximum Gasteiger partial charge on any atom is 0.226 e. The summed E-state index contributed by atoms with van der Waals surface area (Å²) in [7, 11) is 0.